The second-order valence-electron chi connectivity index (χ2n) is 11.9. The molecule has 2 atom stereocenters. The summed E-state index contributed by atoms with van der Waals surface area (Å²) >= 11 is 12.5. The first-order chi connectivity index (χ1) is 22.8. The third-order valence-corrected chi connectivity index (χ3v) is 9.02. The minimum atomic E-state index is -2.97. The maximum Gasteiger partial charge on any atom is 0.344 e. The first-order valence-electron chi connectivity index (χ1n) is 15.7. The van der Waals surface area contributed by atoms with Gasteiger partial charge in [0.25, 0.3) is 5.91 Å². The Morgan fingerprint density at radius 2 is 1.75 bits per heavy atom. The summed E-state index contributed by atoms with van der Waals surface area (Å²) in [5, 5.41) is 6.64. The first-order valence-corrected chi connectivity index (χ1v) is 18.3. The van der Waals surface area contributed by atoms with Gasteiger partial charge in [0.1, 0.15) is 5.75 Å². The number of nitrogens with zero attached hydrogens (tertiary/aromatic N) is 1. The molecule has 0 saturated heterocycles. The van der Waals surface area contributed by atoms with Gasteiger partial charge in [-0.05, 0) is 68.1 Å². The summed E-state index contributed by atoms with van der Waals surface area (Å²) in [7, 11) is -2.97. The van der Waals surface area contributed by atoms with Gasteiger partial charge in [-0.15, -0.1) is 0 Å². The Morgan fingerprint density at radius 3 is 2.40 bits per heavy atom. The molecular weight excluding hydrogens is 679 g/mol. The standard InChI is InChI=1S/C27H25Cl2N3O5.C7H15NO2S/c1-15(2)37-23(33)14-36-18-9-8-17(30-13-18)12-31-27(35)24-19-5-3-4-6-20(19)26(34)32-25(24)21-10-7-16(28)11-22(21)29;1-11(9,10)8-7-5-3-2-4-6-7/h3-11,13,15,24-25H,12,14H2,1-2H3,(H,31,35)(H,32,34);7-8H,2-6H2,1H3/t24-,25+;/m1./s1. The molecule has 1 aromatic heterocycles. The number of sulfonamides is 1. The van der Waals surface area contributed by atoms with Gasteiger partial charge >= 0.3 is 5.97 Å². The van der Waals surface area contributed by atoms with Crippen molar-refractivity contribution in [3.63, 3.8) is 0 Å². The molecule has 0 radical (unpaired) electrons. The van der Waals surface area contributed by atoms with E-state index >= 15 is 0 Å². The van der Waals surface area contributed by atoms with E-state index < -0.39 is 28.0 Å². The number of amides is 2. The third-order valence-electron chi connectivity index (χ3n) is 7.69. The lowest BCUT2D eigenvalue weighted by Crippen LogP contribution is -2.44. The number of nitrogens with one attached hydrogen (secondary N) is 3. The molecule has 2 aliphatic rings. The zero-order valence-electron chi connectivity index (χ0n) is 27.0. The van der Waals surface area contributed by atoms with Crippen molar-refractivity contribution in [2.45, 2.75) is 76.6 Å². The number of hydrogen-bond acceptors (Lipinski definition) is 8. The molecule has 258 valence electrons. The molecule has 1 fully saturated rings. The lowest BCUT2D eigenvalue weighted by molar-refractivity contribution is -0.149. The Balaban J connectivity index is 0.000000401. The zero-order valence-corrected chi connectivity index (χ0v) is 29.3. The van der Waals surface area contributed by atoms with Gasteiger partial charge < -0.3 is 20.1 Å². The van der Waals surface area contributed by atoms with Gasteiger partial charge in [-0.3, -0.25) is 14.6 Å². The predicted octanol–water partition coefficient (Wildman–Crippen LogP) is 5.47. The van der Waals surface area contributed by atoms with E-state index in [0.717, 1.165) is 25.7 Å². The zero-order chi connectivity index (χ0) is 34.8. The largest absolute Gasteiger partial charge is 0.480 e. The van der Waals surface area contributed by atoms with Crippen LogP contribution in [0.3, 0.4) is 0 Å². The number of carbonyl (C=O) groups is 3. The number of hydrogen-bond donors (Lipinski definition) is 3. The van der Waals surface area contributed by atoms with Crippen LogP contribution in [0.5, 0.6) is 5.75 Å². The van der Waals surface area contributed by atoms with Crippen LogP contribution < -0.4 is 20.1 Å². The van der Waals surface area contributed by atoms with E-state index in [9.17, 15) is 22.8 Å². The fourth-order valence-electron chi connectivity index (χ4n) is 5.61. The number of fused-ring (bicyclic) bond motifs is 1. The van der Waals surface area contributed by atoms with E-state index in [0.29, 0.717) is 38.2 Å². The highest BCUT2D eigenvalue weighted by atomic mass is 35.5. The molecule has 3 aromatic rings. The van der Waals surface area contributed by atoms with Crippen molar-refractivity contribution in [1.29, 1.82) is 0 Å². The molecule has 0 unspecified atom stereocenters. The molecule has 0 bridgehead atoms. The monoisotopic (exact) mass is 718 g/mol. The summed E-state index contributed by atoms with van der Waals surface area (Å²) in [6.45, 7) is 3.43. The van der Waals surface area contributed by atoms with Gasteiger partial charge in [-0.2, -0.15) is 0 Å². The molecule has 1 aliphatic heterocycles. The van der Waals surface area contributed by atoms with Crippen molar-refractivity contribution in [2.24, 2.45) is 0 Å². The lowest BCUT2D eigenvalue weighted by atomic mass is 9.80. The Morgan fingerprint density at radius 1 is 1.02 bits per heavy atom. The van der Waals surface area contributed by atoms with E-state index in [1.54, 1.807) is 68.4 Å². The summed E-state index contributed by atoms with van der Waals surface area (Å²) in [6, 6.07) is 14.8. The van der Waals surface area contributed by atoms with Crippen LogP contribution in [-0.2, 0) is 30.9 Å². The van der Waals surface area contributed by atoms with Crippen molar-refractivity contribution in [1.82, 2.24) is 20.3 Å². The van der Waals surface area contributed by atoms with E-state index in [-0.39, 0.29) is 37.1 Å². The molecule has 48 heavy (non-hydrogen) atoms. The maximum atomic E-state index is 13.5. The van der Waals surface area contributed by atoms with Crippen molar-refractivity contribution >= 4 is 51.0 Å². The lowest BCUT2D eigenvalue weighted by Gasteiger charge is -2.34. The molecule has 2 aromatic carbocycles. The molecule has 1 saturated carbocycles. The summed E-state index contributed by atoms with van der Waals surface area (Å²) in [5.74, 6) is -1.40. The number of rotatable bonds is 10. The Kier molecular flexibility index (Phi) is 13.2. The number of aromatic nitrogens is 1. The molecule has 0 spiro atoms. The number of benzene rings is 2. The number of halogens is 2. The van der Waals surface area contributed by atoms with Crippen molar-refractivity contribution in [3.05, 3.63) is 93.2 Å². The highest BCUT2D eigenvalue weighted by Gasteiger charge is 2.39. The van der Waals surface area contributed by atoms with Gasteiger partial charge in [0.15, 0.2) is 6.61 Å². The molecule has 3 N–H and O–H groups in total. The maximum absolute atomic E-state index is 13.5. The Labute approximate surface area is 291 Å². The van der Waals surface area contributed by atoms with Crippen molar-refractivity contribution in [3.8, 4) is 5.75 Å². The van der Waals surface area contributed by atoms with Crippen LogP contribution in [0.15, 0.2) is 60.8 Å². The van der Waals surface area contributed by atoms with Crippen LogP contribution in [-0.4, -0.2) is 56.2 Å². The molecule has 11 nitrogen and oxygen atoms in total. The molecular formula is C34H40Cl2N4O7S. The van der Waals surface area contributed by atoms with E-state index in [4.69, 9.17) is 32.7 Å². The van der Waals surface area contributed by atoms with Crippen LogP contribution >= 0.6 is 23.2 Å². The topological polar surface area (TPSA) is 153 Å². The minimum absolute atomic E-state index is 0.141. The van der Waals surface area contributed by atoms with Gasteiger partial charge in [-0.1, -0.05) is 66.7 Å². The highest BCUT2D eigenvalue weighted by Crippen LogP contribution is 2.40. The van der Waals surface area contributed by atoms with Crippen LogP contribution in [0.4, 0.5) is 0 Å². The van der Waals surface area contributed by atoms with E-state index in [1.165, 1.54) is 18.9 Å². The van der Waals surface area contributed by atoms with Gasteiger partial charge in [0, 0.05) is 21.7 Å². The smallest absolute Gasteiger partial charge is 0.344 e. The number of esters is 1. The van der Waals surface area contributed by atoms with Crippen LogP contribution in [0.25, 0.3) is 0 Å². The third kappa shape index (κ3) is 10.9. The van der Waals surface area contributed by atoms with Gasteiger partial charge in [0.2, 0.25) is 15.9 Å². The van der Waals surface area contributed by atoms with Crippen molar-refractivity contribution in [2.75, 3.05) is 12.9 Å². The summed E-state index contributed by atoms with van der Waals surface area (Å²) in [4.78, 5) is 42.2. The molecule has 5 rings (SSSR count). The summed E-state index contributed by atoms with van der Waals surface area (Å²) < 4.78 is 34.6. The van der Waals surface area contributed by atoms with Crippen LogP contribution in [0.2, 0.25) is 10.0 Å². The number of ether oxygens (including phenoxy) is 2. The second kappa shape index (κ2) is 17.1. The predicted molar refractivity (Wildman–Crippen MR) is 184 cm³/mol. The second-order valence-corrected chi connectivity index (χ2v) is 14.6. The molecule has 2 amide bonds. The highest BCUT2D eigenvalue weighted by molar-refractivity contribution is 7.88. The fourth-order valence-corrected chi connectivity index (χ4v) is 6.98. The number of pyridine rings is 1. The summed E-state index contributed by atoms with van der Waals surface area (Å²) in [5.41, 5.74) is 2.20. The average molecular weight is 720 g/mol. The normalized spacial score (nSPS) is 17.8. The van der Waals surface area contributed by atoms with Gasteiger partial charge in [0.05, 0.1) is 42.8 Å². The minimum Gasteiger partial charge on any atom is -0.480 e. The van der Waals surface area contributed by atoms with Crippen LogP contribution in [0, 0.1) is 0 Å². The Bertz CT molecular complexity index is 1700. The first kappa shape index (κ1) is 37.1. The SMILES string of the molecule is CC(C)OC(=O)COc1ccc(CNC(=O)[C@@H]2c3ccccc3C(=O)N[C@H]2c2ccc(Cl)cc2Cl)nc1.CS(=O)(=O)NC1CCCCC1. The van der Waals surface area contributed by atoms with Gasteiger partial charge in [-0.25, -0.2) is 17.9 Å². The fraction of sp³-hybridized carbons (Fsp3) is 0.412. The molecule has 2 heterocycles. The van der Waals surface area contributed by atoms with E-state index in [1.807, 2.05) is 0 Å². The summed E-state index contributed by atoms with van der Waals surface area (Å²) in [6.07, 6.45) is 8.06. The average Bonchev–Trinajstić information content (AvgIpc) is 3.03. The van der Waals surface area contributed by atoms with Crippen LogP contribution in [0.1, 0.15) is 85.1 Å². The molecule has 1 aliphatic carbocycles. The van der Waals surface area contributed by atoms with Crippen molar-refractivity contribution < 1.29 is 32.3 Å². The quantitative estimate of drug-likeness (QED) is 0.233. The number of carbonyl (C=O) groups excluding carboxylic acids is 3. The van der Waals surface area contributed by atoms with E-state index in [2.05, 4.69) is 20.3 Å². The Hall–Kier alpha value is -3.71. The molecule has 14 heteroatoms.